The summed E-state index contributed by atoms with van der Waals surface area (Å²) in [5.41, 5.74) is 4.26. The van der Waals surface area contributed by atoms with Gasteiger partial charge in [0.25, 0.3) is 0 Å². The third-order valence-electron chi connectivity index (χ3n) is 6.75. The van der Waals surface area contributed by atoms with Gasteiger partial charge in [0.2, 0.25) is 0 Å². The zero-order valence-electron chi connectivity index (χ0n) is 22.0. The molecule has 0 bridgehead atoms. The van der Waals surface area contributed by atoms with Crippen molar-refractivity contribution in [3.8, 4) is 28.3 Å². The quantitative estimate of drug-likeness (QED) is 0.167. The first kappa shape index (κ1) is 27.1. The minimum atomic E-state index is -0.664. The number of halogens is 2. The molecule has 3 heterocycles. The SMILES string of the molecule is O[C@H](CNCCCn1nc(-c2cccc(Br)c2)c2cnccc21)COc1ccc(-c2onc3cc(F)ccc23)cc1. The number of benzene rings is 3. The van der Waals surface area contributed by atoms with Crippen LogP contribution in [0, 0.1) is 5.82 Å². The van der Waals surface area contributed by atoms with E-state index < -0.39 is 6.10 Å². The van der Waals surface area contributed by atoms with E-state index in [0.29, 0.717) is 23.6 Å². The van der Waals surface area contributed by atoms with Crippen LogP contribution < -0.4 is 10.1 Å². The molecule has 0 saturated heterocycles. The largest absolute Gasteiger partial charge is 0.491 e. The minimum absolute atomic E-state index is 0.156. The average Bonchev–Trinajstić information content (AvgIpc) is 3.58. The highest BCUT2D eigenvalue weighted by atomic mass is 79.9. The fourth-order valence-corrected chi connectivity index (χ4v) is 5.14. The van der Waals surface area contributed by atoms with E-state index in [1.54, 1.807) is 24.4 Å². The van der Waals surface area contributed by atoms with Crippen LogP contribution in [0.25, 0.3) is 44.4 Å². The molecule has 41 heavy (non-hydrogen) atoms. The number of aliphatic hydroxyl groups excluding tert-OH is 1. The number of fused-ring (bicyclic) bond motifs is 2. The van der Waals surface area contributed by atoms with Gasteiger partial charge < -0.3 is 19.7 Å². The summed E-state index contributed by atoms with van der Waals surface area (Å²) in [6.45, 7) is 2.02. The molecule has 0 aliphatic heterocycles. The molecule has 2 N–H and O–H groups in total. The third-order valence-corrected chi connectivity index (χ3v) is 7.25. The second-order valence-corrected chi connectivity index (χ2v) is 10.6. The zero-order chi connectivity index (χ0) is 28.2. The van der Waals surface area contributed by atoms with Crippen molar-refractivity contribution in [1.29, 1.82) is 0 Å². The summed E-state index contributed by atoms with van der Waals surface area (Å²) in [5, 5.41) is 24.3. The van der Waals surface area contributed by atoms with Gasteiger partial charge >= 0.3 is 0 Å². The second-order valence-electron chi connectivity index (χ2n) is 9.69. The molecule has 0 aliphatic rings. The van der Waals surface area contributed by atoms with Crippen LogP contribution in [0.3, 0.4) is 0 Å². The predicted octanol–water partition coefficient (Wildman–Crippen LogP) is 6.23. The smallest absolute Gasteiger partial charge is 0.174 e. The van der Waals surface area contributed by atoms with Crippen molar-refractivity contribution >= 4 is 37.7 Å². The lowest BCUT2D eigenvalue weighted by Gasteiger charge is -2.13. The molecule has 3 aromatic carbocycles. The number of aliphatic hydroxyl groups is 1. The number of aromatic nitrogens is 4. The Morgan fingerprint density at radius 1 is 1.02 bits per heavy atom. The number of nitrogens with one attached hydrogen (secondary N) is 1. The van der Waals surface area contributed by atoms with Gasteiger partial charge in [0, 0.05) is 57.9 Å². The second kappa shape index (κ2) is 12.2. The fraction of sp³-hybridized carbons (Fsp3) is 0.194. The van der Waals surface area contributed by atoms with E-state index in [0.717, 1.165) is 57.1 Å². The molecule has 0 aliphatic carbocycles. The van der Waals surface area contributed by atoms with Gasteiger partial charge in [-0.1, -0.05) is 33.2 Å². The van der Waals surface area contributed by atoms with Gasteiger partial charge in [-0.15, -0.1) is 0 Å². The Labute approximate surface area is 243 Å². The number of aryl methyl sites for hydroxylation is 1. The Morgan fingerprint density at radius 3 is 2.76 bits per heavy atom. The van der Waals surface area contributed by atoms with Gasteiger partial charge in [-0.05, 0) is 67.6 Å². The molecule has 6 aromatic rings. The van der Waals surface area contributed by atoms with Crippen LogP contribution in [0.2, 0.25) is 0 Å². The van der Waals surface area contributed by atoms with E-state index in [9.17, 15) is 9.50 Å². The first-order valence-corrected chi connectivity index (χ1v) is 14.1. The number of hydrogen-bond donors (Lipinski definition) is 2. The van der Waals surface area contributed by atoms with Crippen molar-refractivity contribution < 1.29 is 18.8 Å². The molecule has 0 amide bonds. The lowest BCUT2D eigenvalue weighted by atomic mass is 10.1. The first-order valence-electron chi connectivity index (χ1n) is 13.3. The summed E-state index contributed by atoms with van der Waals surface area (Å²) in [7, 11) is 0. The molecule has 0 radical (unpaired) electrons. The molecule has 3 aromatic heterocycles. The minimum Gasteiger partial charge on any atom is -0.491 e. The van der Waals surface area contributed by atoms with E-state index in [1.807, 2.05) is 47.3 Å². The molecule has 0 fully saturated rings. The lowest BCUT2D eigenvalue weighted by molar-refractivity contribution is 0.106. The molecule has 10 heteroatoms. The van der Waals surface area contributed by atoms with E-state index in [1.165, 1.54) is 12.1 Å². The highest BCUT2D eigenvalue weighted by Crippen LogP contribution is 2.31. The van der Waals surface area contributed by atoms with Gasteiger partial charge in [0.15, 0.2) is 5.76 Å². The Balaban J connectivity index is 0.972. The monoisotopic (exact) mass is 615 g/mol. The van der Waals surface area contributed by atoms with Crippen molar-refractivity contribution in [2.24, 2.45) is 0 Å². The van der Waals surface area contributed by atoms with E-state index in [-0.39, 0.29) is 12.4 Å². The molecule has 0 saturated carbocycles. The number of rotatable bonds is 11. The first-order chi connectivity index (χ1) is 20.0. The summed E-state index contributed by atoms with van der Waals surface area (Å²) < 4.78 is 27.6. The molecule has 6 rings (SSSR count). The molecular weight excluding hydrogens is 589 g/mol. The van der Waals surface area contributed by atoms with E-state index in [4.69, 9.17) is 14.4 Å². The summed E-state index contributed by atoms with van der Waals surface area (Å²) in [5.74, 6) is 0.841. The van der Waals surface area contributed by atoms with Crippen LogP contribution in [0.4, 0.5) is 4.39 Å². The lowest BCUT2D eigenvalue weighted by Crippen LogP contribution is -2.32. The van der Waals surface area contributed by atoms with Gasteiger partial charge in [0.1, 0.15) is 35.5 Å². The van der Waals surface area contributed by atoms with Crippen molar-refractivity contribution in [3.05, 3.63) is 95.5 Å². The highest BCUT2D eigenvalue weighted by Gasteiger charge is 2.14. The molecule has 0 unspecified atom stereocenters. The normalized spacial score (nSPS) is 12.3. The number of nitrogens with zero attached hydrogens (tertiary/aromatic N) is 4. The van der Waals surface area contributed by atoms with Crippen LogP contribution in [-0.4, -0.2) is 50.8 Å². The van der Waals surface area contributed by atoms with Crippen LogP contribution >= 0.6 is 15.9 Å². The average molecular weight is 616 g/mol. The van der Waals surface area contributed by atoms with E-state index >= 15 is 0 Å². The Kier molecular flexibility index (Phi) is 8.04. The summed E-state index contributed by atoms with van der Waals surface area (Å²) in [6.07, 6.45) is 3.82. The van der Waals surface area contributed by atoms with Crippen LogP contribution in [0.5, 0.6) is 5.75 Å². The summed E-state index contributed by atoms with van der Waals surface area (Å²) in [6, 6.07) is 21.8. The molecule has 8 nitrogen and oxygen atoms in total. The Hall–Kier alpha value is -4.12. The van der Waals surface area contributed by atoms with Gasteiger partial charge in [0.05, 0.1) is 5.52 Å². The number of pyridine rings is 1. The van der Waals surface area contributed by atoms with Crippen LogP contribution in [0.15, 0.2) is 94.2 Å². The van der Waals surface area contributed by atoms with Gasteiger partial charge in [-0.25, -0.2) is 4.39 Å². The predicted molar refractivity (Wildman–Crippen MR) is 159 cm³/mol. The third kappa shape index (κ3) is 6.14. The maximum atomic E-state index is 13.4. The number of ether oxygens (including phenoxy) is 1. The van der Waals surface area contributed by atoms with Crippen molar-refractivity contribution in [1.82, 2.24) is 25.2 Å². The van der Waals surface area contributed by atoms with Crippen LogP contribution in [-0.2, 0) is 6.54 Å². The Bertz CT molecular complexity index is 1790. The topological polar surface area (TPSA) is 98.2 Å². The van der Waals surface area contributed by atoms with Gasteiger partial charge in [-0.3, -0.25) is 9.67 Å². The Morgan fingerprint density at radius 2 is 1.90 bits per heavy atom. The summed E-state index contributed by atoms with van der Waals surface area (Å²) >= 11 is 3.54. The highest BCUT2D eigenvalue weighted by molar-refractivity contribution is 9.10. The summed E-state index contributed by atoms with van der Waals surface area (Å²) in [4.78, 5) is 4.30. The maximum Gasteiger partial charge on any atom is 0.174 e. The van der Waals surface area contributed by atoms with E-state index in [2.05, 4.69) is 37.5 Å². The van der Waals surface area contributed by atoms with Crippen molar-refractivity contribution in [2.45, 2.75) is 19.1 Å². The molecule has 1 atom stereocenters. The molecular formula is C31H27BrFN5O3. The standard InChI is InChI=1S/C31H27BrFN5O3/c32-22-4-1-3-21(15-22)30-27-18-35-13-11-29(27)38(36-30)14-2-12-34-17-24(39)19-40-25-8-5-20(6-9-25)31-26-10-7-23(33)16-28(26)37-41-31/h1,3-11,13,15-16,18,24,34,39H,2,12,14,17,19H2/t24-/m1/s1. The fourth-order valence-electron chi connectivity index (χ4n) is 4.74. The van der Waals surface area contributed by atoms with Crippen molar-refractivity contribution in [3.63, 3.8) is 0 Å². The van der Waals surface area contributed by atoms with Crippen LogP contribution in [0.1, 0.15) is 6.42 Å². The van der Waals surface area contributed by atoms with Crippen molar-refractivity contribution in [2.75, 3.05) is 19.7 Å². The molecule has 208 valence electrons. The van der Waals surface area contributed by atoms with Gasteiger partial charge in [-0.2, -0.15) is 5.10 Å². The zero-order valence-corrected chi connectivity index (χ0v) is 23.6. The number of hydrogen-bond acceptors (Lipinski definition) is 7. The molecule has 0 spiro atoms. The maximum absolute atomic E-state index is 13.4.